The molecule has 0 fully saturated rings. The molecule has 20 heavy (non-hydrogen) atoms. The zero-order chi connectivity index (χ0) is 14.9. The van der Waals surface area contributed by atoms with Crippen LogP contribution in [0.3, 0.4) is 0 Å². The van der Waals surface area contributed by atoms with Gasteiger partial charge in [0.15, 0.2) is 0 Å². The first kappa shape index (κ1) is 15.1. The first-order chi connectivity index (χ1) is 9.38. The van der Waals surface area contributed by atoms with Gasteiger partial charge < -0.3 is 4.74 Å². The molecule has 2 aromatic carbocycles. The molecule has 2 aromatic rings. The number of hydrogen-bond acceptors (Lipinski definition) is 1. The summed E-state index contributed by atoms with van der Waals surface area (Å²) in [6.45, 7) is 1.12. The minimum Gasteiger partial charge on any atom is -0.489 e. The molecule has 6 heteroatoms. The van der Waals surface area contributed by atoms with E-state index in [9.17, 15) is 17.6 Å². The van der Waals surface area contributed by atoms with Crippen molar-refractivity contribution in [2.45, 2.75) is 13.5 Å². The van der Waals surface area contributed by atoms with Crippen LogP contribution in [0.1, 0.15) is 11.1 Å². The van der Waals surface area contributed by atoms with Crippen LogP contribution in [0.2, 0.25) is 0 Å². The Morgan fingerprint density at radius 2 is 1.40 bits per heavy atom. The van der Waals surface area contributed by atoms with Gasteiger partial charge in [-0.1, -0.05) is 0 Å². The van der Waals surface area contributed by atoms with Crippen LogP contribution in [0.25, 0.3) is 0 Å². The Morgan fingerprint density at radius 3 is 1.90 bits per heavy atom. The largest absolute Gasteiger partial charge is 0.489 e. The predicted molar refractivity (Wildman–Crippen MR) is 74.5 cm³/mol. The Balaban J connectivity index is 2.17. The van der Waals surface area contributed by atoms with E-state index in [0.29, 0.717) is 0 Å². The molecule has 0 heterocycles. The smallest absolute Gasteiger partial charge is 0.139 e. The maximum Gasteiger partial charge on any atom is 0.139 e. The van der Waals surface area contributed by atoms with Crippen molar-refractivity contribution in [3.63, 3.8) is 0 Å². The van der Waals surface area contributed by atoms with Crippen molar-refractivity contribution in [3.05, 3.63) is 62.2 Å². The molecule has 0 saturated heterocycles. The molecule has 0 bridgehead atoms. The van der Waals surface area contributed by atoms with Crippen LogP contribution in [0, 0.1) is 33.8 Å². The van der Waals surface area contributed by atoms with Gasteiger partial charge in [-0.15, -0.1) is 0 Å². The lowest BCUT2D eigenvalue weighted by atomic mass is 10.2. The summed E-state index contributed by atoms with van der Waals surface area (Å²) in [7, 11) is 0. The Labute approximate surface area is 126 Å². The minimum atomic E-state index is -0.736. The van der Waals surface area contributed by atoms with Crippen LogP contribution >= 0.6 is 22.6 Å². The van der Waals surface area contributed by atoms with Crippen LogP contribution in [-0.4, -0.2) is 0 Å². The van der Waals surface area contributed by atoms with Gasteiger partial charge in [0.05, 0.1) is 3.57 Å². The van der Waals surface area contributed by atoms with E-state index < -0.39 is 23.3 Å². The zero-order valence-corrected chi connectivity index (χ0v) is 12.5. The van der Waals surface area contributed by atoms with Crippen molar-refractivity contribution in [2.75, 3.05) is 0 Å². The summed E-state index contributed by atoms with van der Waals surface area (Å²) in [4.78, 5) is 0. The molecular weight excluding hydrogens is 387 g/mol. The molecule has 0 radical (unpaired) electrons. The average molecular weight is 396 g/mol. The number of rotatable bonds is 3. The number of ether oxygens (including phenoxy) is 1. The van der Waals surface area contributed by atoms with Crippen LogP contribution in [0.15, 0.2) is 24.3 Å². The van der Waals surface area contributed by atoms with Gasteiger partial charge in [0, 0.05) is 17.7 Å². The summed E-state index contributed by atoms with van der Waals surface area (Å²) in [5.74, 6) is -2.92. The normalized spacial score (nSPS) is 10.7. The lowest BCUT2D eigenvalue weighted by Gasteiger charge is -2.09. The van der Waals surface area contributed by atoms with E-state index in [2.05, 4.69) is 0 Å². The van der Waals surface area contributed by atoms with Crippen LogP contribution in [-0.2, 0) is 6.61 Å². The predicted octanol–water partition coefficient (Wildman–Crippen LogP) is 4.74. The molecule has 0 aliphatic rings. The van der Waals surface area contributed by atoms with Gasteiger partial charge >= 0.3 is 0 Å². The molecule has 0 unspecified atom stereocenters. The van der Waals surface area contributed by atoms with E-state index in [-0.39, 0.29) is 27.1 Å². The number of benzene rings is 2. The minimum absolute atomic E-state index is 0.0371. The average Bonchev–Trinajstić information content (AvgIpc) is 2.39. The fraction of sp³-hybridized carbons (Fsp3) is 0.143. The Bertz CT molecular complexity index is 554. The SMILES string of the molecule is Cc1c(F)cc(OCc2cc(F)c(I)c(F)c2)cc1F. The van der Waals surface area contributed by atoms with Crippen molar-refractivity contribution in [1.29, 1.82) is 0 Å². The van der Waals surface area contributed by atoms with E-state index in [1.165, 1.54) is 6.92 Å². The second-order valence-corrected chi connectivity index (χ2v) is 5.25. The van der Waals surface area contributed by atoms with Crippen molar-refractivity contribution in [3.8, 4) is 5.75 Å². The maximum absolute atomic E-state index is 13.3. The summed E-state index contributed by atoms with van der Waals surface area (Å²) in [6, 6.07) is 4.28. The van der Waals surface area contributed by atoms with E-state index in [4.69, 9.17) is 4.74 Å². The molecule has 0 atom stereocenters. The van der Waals surface area contributed by atoms with Crippen LogP contribution < -0.4 is 4.74 Å². The highest BCUT2D eigenvalue weighted by molar-refractivity contribution is 14.1. The van der Waals surface area contributed by atoms with Crippen molar-refractivity contribution >= 4 is 22.6 Å². The summed E-state index contributed by atoms with van der Waals surface area (Å²) in [5, 5.41) is 0. The molecule has 106 valence electrons. The van der Waals surface area contributed by atoms with Crippen molar-refractivity contribution in [1.82, 2.24) is 0 Å². The van der Waals surface area contributed by atoms with E-state index in [1.807, 2.05) is 0 Å². The highest BCUT2D eigenvalue weighted by Gasteiger charge is 2.10. The second-order valence-electron chi connectivity index (χ2n) is 4.17. The van der Waals surface area contributed by atoms with Gasteiger partial charge in [-0.25, -0.2) is 17.6 Å². The topological polar surface area (TPSA) is 9.23 Å². The molecule has 0 aliphatic carbocycles. The molecule has 0 aromatic heterocycles. The maximum atomic E-state index is 13.3. The first-order valence-electron chi connectivity index (χ1n) is 5.60. The fourth-order valence-corrected chi connectivity index (χ4v) is 1.87. The number of hydrogen-bond donors (Lipinski definition) is 0. The molecular formula is C14H9F4IO. The standard InChI is InChI=1S/C14H9F4IO/c1-7-10(15)4-9(5-11(7)16)20-6-8-2-12(17)14(19)13(18)3-8/h2-5H,6H2,1H3. The summed E-state index contributed by atoms with van der Waals surface area (Å²) in [6.07, 6.45) is 0. The fourth-order valence-electron chi connectivity index (χ4n) is 1.56. The van der Waals surface area contributed by atoms with Crippen LogP contribution in [0.4, 0.5) is 17.6 Å². The summed E-state index contributed by atoms with van der Waals surface area (Å²) >= 11 is 1.55. The van der Waals surface area contributed by atoms with Crippen LogP contribution in [0.5, 0.6) is 5.75 Å². The molecule has 0 spiro atoms. The summed E-state index contributed by atoms with van der Waals surface area (Å²) in [5.41, 5.74) is 0.130. The van der Waals surface area contributed by atoms with E-state index in [0.717, 1.165) is 24.3 Å². The zero-order valence-electron chi connectivity index (χ0n) is 10.3. The Hall–Kier alpha value is -1.31. The third-order valence-electron chi connectivity index (χ3n) is 2.70. The molecule has 0 N–H and O–H groups in total. The van der Waals surface area contributed by atoms with Gasteiger partial charge in [-0.05, 0) is 47.2 Å². The highest BCUT2D eigenvalue weighted by atomic mass is 127. The van der Waals surface area contributed by atoms with Crippen molar-refractivity contribution in [2.24, 2.45) is 0 Å². The van der Waals surface area contributed by atoms with Gasteiger partial charge in [0.2, 0.25) is 0 Å². The van der Waals surface area contributed by atoms with Gasteiger partial charge in [-0.3, -0.25) is 0 Å². The highest BCUT2D eigenvalue weighted by Crippen LogP contribution is 2.22. The monoisotopic (exact) mass is 396 g/mol. The van der Waals surface area contributed by atoms with E-state index >= 15 is 0 Å². The third-order valence-corrected chi connectivity index (χ3v) is 3.73. The van der Waals surface area contributed by atoms with Gasteiger partial charge in [0.25, 0.3) is 0 Å². The van der Waals surface area contributed by atoms with Gasteiger partial charge in [-0.2, -0.15) is 0 Å². The lowest BCUT2D eigenvalue weighted by Crippen LogP contribution is -2.00. The molecule has 0 saturated carbocycles. The second kappa shape index (κ2) is 5.99. The Morgan fingerprint density at radius 1 is 0.900 bits per heavy atom. The lowest BCUT2D eigenvalue weighted by molar-refractivity contribution is 0.301. The van der Waals surface area contributed by atoms with Gasteiger partial charge in [0.1, 0.15) is 35.6 Å². The quantitative estimate of drug-likeness (QED) is 0.414. The summed E-state index contributed by atoms with van der Waals surface area (Å²) < 4.78 is 58.3. The first-order valence-corrected chi connectivity index (χ1v) is 6.68. The number of halogens is 5. The molecule has 0 aliphatic heterocycles. The Kier molecular flexibility index (Phi) is 4.52. The molecule has 1 nitrogen and oxygen atoms in total. The van der Waals surface area contributed by atoms with Crippen molar-refractivity contribution < 1.29 is 22.3 Å². The molecule has 0 amide bonds. The van der Waals surface area contributed by atoms with E-state index in [1.54, 1.807) is 22.6 Å². The third kappa shape index (κ3) is 3.23. The molecule has 2 rings (SSSR count).